The fourth-order valence-corrected chi connectivity index (χ4v) is 11.1. The van der Waals surface area contributed by atoms with Crippen molar-refractivity contribution in [3.05, 3.63) is 60.7 Å². The van der Waals surface area contributed by atoms with E-state index in [1.165, 1.54) is 18.9 Å². The lowest BCUT2D eigenvalue weighted by Gasteiger charge is -2.37. The highest BCUT2D eigenvalue weighted by Crippen LogP contribution is 2.37. The Morgan fingerprint density at radius 3 is 1.77 bits per heavy atom. The monoisotopic (exact) mass is 324 g/mol. The fraction of sp³-hybridized carbons (Fsp3) is 0.400. The Morgan fingerprint density at radius 2 is 1.36 bits per heavy atom. The minimum absolute atomic E-state index is 0.776. The first-order chi connectivity index (χ1) is 10.6. The van der Waals surface area contributed by atoms with Crippen molar-refractivity contribution in [2.45, 2.75) is 50.1 Å². The first-order valence-corrected chi connectivity index (χ1v) is 14.6. The Balaban J connectivity index is 1.80. The first kappa shape index (κ1) is 15.8. The Bertz CT molecular complexity index is 548. The summed E-state index contributed by atoms with van der Waals surface area (Å²) in [6.07, 6.45) is 2.95. The third-order valence-corrected chi connectivity index (χ3v) is 15.1. The van der Waals surface area contributed by atoms with Gasteiger partial charge in [-0.15, -0.1) is 0 Å². The molecular formula is C20H28Si2. The van der Waals surface area contributed by atoms with E-state index in [-0.39, 0.29) is 0 Å². The molecule has 116 valence electrons. The van der Waals surface area contributed by atoms with Crippen LogP contribution in [0.5, 0.6) is 0 Å². The average molecular weight is 325 g/mol. The van der Waals surface area contributed by atoms with E-state index in [0.717, 1.165) is 0 Å². The molecule has 0 nitrogen and oxygen atoms in total. The van der Waals surface area contributed by atoms with Gasteiger partial charge in [-0.25, -0.2) is 0 Å². The van der Waals surface area contributed by atoms with E-state index in [4.69, 9.17) is 0 Å². The molecule has 1 aliphatic heterocycles. The molecule has 2 aromatic carbocycles. The van der Waals surface area contributed by atoms with Crippen molar-refractivity contribution in [1.82, 2.24) is 0 Å². The molecule has 0 atom stereocenters. The van der Waals surface area contributed by atoms with E-state index in [1.54, 1.807) is 28.5 Å². The average Bonchev–Trinajstić information content (AvgIpc) is 2.55. The molecule has 0 aliphatic carbocycles. The summed E-state index contributed by atoms with van der Waals surface area (Å²) in [4.78, 5) is 0. The van der Waals surface area contributed by atoms with Crippen molar-refractivity contribution in [2.75, 3.05) is 0 Å². The van der Waals surface area contributed by atoms with Gasteiger partial charge in [0.15, 0.2) is 0 Å². The second kappa shape index (κ2) is 6.55. The molecule has 1 aliphatic rings. The highest BCUT2D eigenvalue weighted by molar-refractivity contribution is 7.01. The lowest BCUT2D eigenvalue weighted by atomic mass is 10.4. The topological polar surface area (TPSA) is 0 Å². The van der Waals surface area contributed by atoms with Crippen LogP contribution in [-0.2, 0) is 0 Å². The van der Waals surface area contributed by atoms with Gasteiger partial charge in [0.2, 0.25) is 0 Å². The van der Waals surface area contributed by atoms with Crippen LogP contribution in [0.4, 0.5) is 0 Å². The summed E-state index contributed by atoms with van der Waals surface area (Å²) < 4.78 is 0. The minimum atomic E-state index is -1.57. The van der Waals surface area contributed by atoms with E-state index in [0.29, 0.717) is 0 Å². The predicted octanol–water partition coefficient (Wildman–Crippen LogP) is 4.75. The van der Waals surface area contributed by atoms with Gasteiger partial charge in [0.1, 0.15) is 8.07 Å². The SMILES string of the molecule is C[Si]1(CCC[Si](C)(c2ccccc2)c2ccccc2)CCC1. The van der Waals surface area contributed by atoms with E-state index in [9.17, 15) is 0 Å². The molecule has 1 fully saturated rings. The Labute approximate surface area is 137 Å². The Morgan fingerprint density at radius 1 is 0.864 bits per heavy atom. The highest BCUT2D eigenvalue weighted by atomic mass is 28.3. The number of hydrogen-bond donors (Lipinski definition) is 0. The van der Waals surface area contributed by atoms with Crippen LogP contribution in [0.15, 0.2) is 60.7 Å². The third kappa shape index (κ3) is 3.28. The summed E-state index contributed by atoms with van der Waals surface area (Å²) in [5, 5.41) is 3.20. The second-order valence-corrected chi connectivity index (χ2v) is 17.0. The zero-order chi connectivity index (χ0) is 15.5. The summed E-state index contributed by atoms with van der Waals surface area (Å²) in [5.74, 6) is 0. The van der Waals surface area contributed by atoms with Gasteiger partial charge in [-0.3, -0.25) is 0 Å². The summed E-state index contributed by atoms with van der Waals surface area (Å²) in [7, 11) is -2.34. The molecule has 3 rings (SSSR count). The quantitative estimate of drug-likeness (QED) is 0.673. The summed E-state index contributed by atoms with van der Waals surface area (Å²) in [6.45, 7) is 5.20. The van der Waals surface area contributed by atoms with Crippen molar-refractivity contribution < 1.29 is 0 Å². The maximum absolute atomic E-state index is 2.63. The van der Waals surface area contributed by atoms with Crippen molar-refractivity contribution >= 4 is 26.5 Å². The van der Waals surface area contributed by atoms with Crippen molar-refractivity contribution in [3.63, 3.8) is 0 Å². The molecule has 2 aromatic rings. The summed E-state index contributed by atoms with van der Waals surface area (Å²) in [6, 6.07) is 28.7. The van der Waals surface area contributed by atoms with E-state index >= 15 is 0 Å². The van der Waals surface area contributed by atoms with Gasteiger partial charge >= 0.3 is 0 Å². The van der Waals surface area contributed by atoms with Gasteiger partial charge in [-0.2, -0.15) is 0 Å². The van der Waals surface area contributed by atoms with Gasteiger partial charge in [0.25, 0.3) is 0 Å². The highest BCUT2D eigenvalue weighted by Gasteiger charge is 2.36. The van der Waals surface area contributed by atoms with Gasteiger partial charge in [0, 0.05) is 0 Å². The van der Waals surface area contributed by atoms with Gasteiger partial charge in [-0.1, -0.05) is 115 Å². The van der Waals surface area contributed by atoms with Crippen LogP contribution in [0.2, 0.25) is 37.3 Å². The summed E-state index contributed by atoms with van der Waals surface area (Å²) in [5.41, 5.74) is 0. The number of rotatable bonds is 6. The zero-order valence-corrected chi connectivity index (χ0v) is 16.0. The molecule has 0 radical (unpaired) electrons. The van der Waals surface area contributed by atoms with Crippen LogP contribution < -0.4 is 10.4 Å². The molecule has 0 unspecified atom stereocenters. The van der Waals surface area contributed by atoms with Crippen LogP contribution in [-0.4, -0.2) is 16.1 Å². The van der Waals surface area contributed by atoms with E-state index in [1.807, 2.05) is 0 Å². The van der Waals surface area contributed by atoms with Crippen molar-refractivity contribution in [2.24, 2.45) is 0 Å². The van der Waals surface area contributed by atoms with Gasteiger partial charge < -0.3 is 0 Å². The van der Waals surface area contributed by atoms with Crippen molar-refractivity contribution in [3.8, 4) is 0 Å². The standard InChI is InChI=1S/C20H28Si2/c1-21(15-9-16-21)17-10-18-22(2,19-11-5-3-6-12-19)20-13-7-4-8-14-20/h3-8,11-14H,9-10,15-18H2,1-2H3. The molecule has 2 heteroatoms. The maximum Gasteiger partial charge on any atom is 0.115 e. The zero-order valence-electron chi connectivity index (χ0n) is 14.0. The van der Waals surface area contributed by atoms with Crippen LogP contribution in [0.3, 0.4) is 0 Å². The molecule has 0 saturated carbocycles. The normalized spacial score (nSPS) is 17.0. The number of benzene rings is 2. The fourth-order valence-electron chi connectivity index (χ4n) is 3.97. The Kier molecular flexibility index (Phi) is 4.69. The largest absolute Gasteiger partial charge is 0.115 e. The number of hydrogen-bond acceptors (Lipinski definition) is 0. The third-order valence-electron chi connectivity index (χ3n) is 5.84. The van der Waals surface area contributed by atoms with Gasteiger partial charge in [-0.05, 0) is 6.04 Å². The molecule has 0 amide bonds. The van der Waals surface area contributed by atoms with Crippen LogP contribution >= 0.6 is 0 Å². The molecule has 1 heterocycles. The van der Waals surface area contributed by atoms with Crippen molar-refractivity contribution in [1.29, 1.82) is 0 Å². The molecule has 1 saturated heterocycles. The maximum atomic E-state index is 2.63. The molecule has 0 spiro atoms. The van der Waals surface area contributed by atoms with Crippen LogP contribution in [0.25, 0.3) is 0 Å². The van der Waals surface area contributed by atoms with Crippen LogP contribution in [0, 0.1) is 0 Å². The summed E-state index contributed by atoms with van der Waals surface area (Å²) >= 11 is 0. The molecular weight excluding hydrogens is 296 g/mol. The second-order valence-electron chi connectivity index (χ2n) is 7.58. The van der Waals surface area contributed by atoms with E-state index in [2.05, 4.69) is 73.8 Å². The lowest BCUT2D eigenvalue weighted by Crippen LogP contribution is -2.55. The lowest BCUT2D eigenvalue weighted by molar-refractivity contribution is 0.854. The smallest absolute Gasteiger partial charge is 0.0691 e. The molecule has 0 aromatic heterocycles. The van der Waals surface area contributed by atoms with Gasteiger partial charge in [0.05, 0.1) is 8.07 Å². The minimum Gasteiger partial charge on any atom is -0.0691 e. The molecule has 22 heavy (non-hydrogen) atoms. The first-order valence-electron chi connectivity index (χ1n) is 8.74. The molecule has 0 bridgehead atoms. The Hall–Kier alpha value is -1.13. The predicted molar refractivity (Wildman–Crippen MR) is 104 cm³/mol. The van der Waals surface area contributed by atoms with E-state index < -0.39 is 16.1 Å². The molecule has 0 N–H and O–H groups in total. The van der Waals surface area contributed by atoms with Crippen LogP contribution in [0.1, 0.15) is 12.8 Å².